The van der Waals surface area contributed by atoms with Crippen LogP contribution in [0.15, 0.2) is 53.6 Å². The summed E-state index contributed by atoms with van der Waals surface area (Å²) in [7, 11) is 1.64. The van der Waals surface area contributed by atoms with Crippen molar-refractivity contribution in [1.29, 1.82) is 0 Å². The second-order valence-electron chi connectivity index (χ2n) is 11.0. The molecule has 0 spiro atoms. The summed E-state index contributed by atoms with van der Waals surface area (Å²) in [6, 6.07) is 14.1. The van der Waals surface area contributed by atoms with Crippen molar-refractivity contribution in [2.75, 3.05) is 20.1 Å². The molecular weight excluding hydrogens is 518 g/mol. The lowest BCUT2D eigenvalue weighted by atomic mass is 9.73. The molecule has 2 aliphatic rings. The molecule has 1 fully saturated rings. The number of amides is 3. The number of piperidine rings is 1. The van der Waals surface area contributed by atoms with Gasteiger partial charge < -0.3 is 21.1 Å². The van der Waals surface area contributed by atoms with Crippen molar-refractivity contribution in [1.82, 2.24) is 15.2 Å². The van der Waals surface area contributed by atoms with Crippen LogP contribution >= 0.6 is 11.6 Å². The van der Waals surface area contributed by atoms with Crippen molar-refractivity contribution in [3.63, 3.8) is 0 Å². The molecular formula is C29H36ClN5O4. The second-order valence-corrected chi connectivity index (χ2v) is 11.4. The fourth-order valence-electron chi connectivity index (χ4n) is 5.23. The van der Waals surface area contributed by atoms with Crippen molar-refractivity contribution in [3.05, 3.63) is 70.2 Å². The highest BCUT2D eigenvalue weighted by Crippen LogP contribution is 2.38. The standard InChI is InChI=1S/C29H36ClN5O4/c1-28(2,31)26(38)32-23(12-11-21-10-9-20(17-36)15-22(21)30)25(37)35-14-13-24-29(18-35,27(39)34(3)33-24)16-19-7-5-4-6-8-19/h4-10,15,23,36H,11-14,16-18,31H2,1-3H3,(H,32,38)/t23?,29-/m1/s1. The number of hydrazone groups is 1. The molecule has 0 aromatic heterocycles. The molecule has 0 saturated carbocycles. The average Bonchev–Trinajstić information content (AvgIpc) is 3.15. The number of nitrogens with one attached hydrogen (secondary N) is 1. The van der Waals surface area contributed by atoms with Crippen molar-refractivity contribution >= 4 is 35.0 Å². The van der Waals surface area contributed by atoms with Gasteiger partial charge in [-0.05, 0) is 55.9 Å². The predicted molar refractivity (Wildman–Crippen MR) is 150 cm³/mol. The third-order valence-electron chi connectivity index (χ3n) is 7.46. The van der Waals surface area contributed by atoms with Crippen LogP contribution in [0.5, 0.6) is 0 Å². The molecule has 1 saturated heterocycles. The van der Waals surface area contributed by atoms with Crippen LogP contribution in [0.1, 0.15) is 43.4 Å². The van der Waals surface area contributed by atoms with Crippen molar-refractivity contribution in [3.8, 4) is 0 Å². The highest BCUT2D eigenvalue weighted by molar-refractivity contribution is 6.31. The molecule has 0 aliphatic carbocycles. The molecule has 4 N–H and O–H groups in total. The number of carbonyl (C=O) groups excluding carboxylic acids is 3. The third kappa shape index (κ3) is 6.16. The van der Waals surface area contributed by atoms with Gasteiger partial charge in [0.15, 0.2) is 0 Å². The number of aliphatic hydroxyl groups excluding tert-OH is 1. The fraction of sp³-hybridized carbons (Fsp3) is 0.448. The van der Waals surface area contributed by atoms with Crippen molar-refractivity contribution < 1.29 is 19.5 Å². The van der Waals surface area contributed by atoms with Crippen LogP contribution in [0.25, 0.3) is 0 Å². The summed E-state index contributed by atoms with van der Waals surface area (Å²) in [5.41, 5.74) is 7.16. The number of halogens is 1. The lowest BCUT2D eigenvalue weighted by Crippen LogP contribution is -2.60. The van der Waals surface area contributed by atoms with Gasteiger partial charge in [0.25, 0.3) is 5.91 Å². The lowest BCUT2D eigenvalue weighted by molar-refractivity contribution is -0.142. The molecule has 2 aliphatic heterocycles. The number of aryl methyl sites for hydroxylation is 1. The maximum atomic E-state index is 14.0. The third-order valence-corrected chi connectivity index (χ3v) is 7.81. The highest BCUT2D eigenvalue weighted by atomic mass is 35.5. The quantitative estimate of drug-likeness (QED) is 0.439. The Morgan fingerprint density at radius 2 is 1.92 bits per heavy atom. The van der Waals surface area contributed by atoms with Gasteiger partial charge in [-0.3, -0.25) is 14.4 Å². The second kappa shape index (κ2) is 11.5. The van der Waals surface area contributed by atoms with E-state index in [0.29, 0.717) is 36.4 Å². The zero-order valence-electron chi connectivity index (χ0n) is 22.6. The minimum Gasteiger partial charge on any atom is -0.392 e. The Balaban J connectivity index is 1.59. The lowest BCUT2D eigenvalue weighted by Gasteiger charge is -2.41. The van der Waals surface area contributed by atoms with Crippen LogP contribution in [0.3, 0.4) is 0 Å². The fourth-order valence-corrected chi connectivity index (χ4v) is 5.53. The number of hydrogen-bond acceptors (Lipinski definition) is 6. The number of nitrogens with zero attached hydrogens (tertiary/aromatic N) is 3. The van der Waals surface area contributed by atoms with Crippen molar-refractivity contribution in [2.45, 2.75) is 57.7 Å². The van der Waals surface area contributed by atoms with E-state index in [1.54, 1.807) is 37.9 Å². The number of hydrogen-bond donors (Lipinski definition) is 3. The topological polar surface area (TPSA) is 128 Å². The molecule has 2 heterocycles. The van der Waals surface area contributed by atoms with E-state index in [2.05, 4.69) is 10.4 Å². The average molecular weight is 554 g/mol. The zero-order chi connectivity index (χ0) is 28.4. The van der Waals surface area contributed by atoms with E-state index in [-0.39, 0.29) is 31.4 Å². The Kier molecular flexibility index (Phi) is 8.44. The Morgan fingerprint density at radius 3 is 2.56 bits per heavy atom. The number of fused-ring (bicyclic) bond motifs is 1. The van der Waals surface area contributed by atoms with E-state index in [0.717, 1.165) is 16.8 Å². The molecule has 0 bridgehead atoms. The summed E-state index contributed by atoms with van der Waals surface area (Å²) in [6.45, 7) is 3.61. The summed E-state index contributed by atoms with van der Waals surface area (Å²) in [5, 5.41) is 18.6. The van der Waals surface area contributed by atoms with Crippen LogP contribution in [0.4, 0.5) is 0 Å². The molecule has 1 unspecified atom stereocenters. The van der Waals surface area contributed by atoms with Gasteiger partial charge >= 0.3 is 0 Å². The van der Waals surface area contributed by atoms with Gasteiger partial charge in [0.2, 0.25) is 11.8 Å². The molecule has 2 aromatic carbocycles. The van der Waals surface area contributed by atoms with Crippen LogP contribution in [-0.2, 0) is 33.8 Å². The summed E-state index contributed by atoms with van der Waals surface area (Å²) in [5.74, 6) is -0.861. The summed E-state index contributed by atoms with van der Waals surface area (Å²) in [6.07, 6.45) is 1.60. The number of nitrogens with two attached hydrogens (primary N) is 1. The maximum Gasteiger partial charge on any atom is 0.256 e. The molecule has 0 radical (unpaired) electrons. The first-order chi connectivity index (χ1) is 18.4. The van der Waals surface area contributed by atoms with Crippen LogP contribution < -0.4 is 11.1 Å². The normalized spacial score (nSPS) is 19.9. The number of likely N-dealkylation sites (tertiary alicyclic amines) is 1. The molecule has 10 heteroatoms. The molecule has 9 nitrogen and oxygen atoms in total. The first kappa shape index (κ1) is 28.7. The van der Waals surface area contributed by atoms with E-state index in [4.69, 9.17) is 17.3 Å². The smallest absolute Gasteiger partial charge is 0.256 e. The minimum absolute atomic E-state index is 0.123. The minimum atomic E-state index is -1.18. The summed E-state index contributed by atoms with van der Waals surface area (Å²) < 4.78 is 0. The van der Waals surface area contributed by atoms with Crippen molar-refractivity contribution in [2.24, 2.45) is 16.3 Å². The maximum absolute atomic E-state index is 14.0. The Bertz CT molecular complexity index is 1280. The van der Waals surface area contributed by atoms with E-state index in [1.807, 2.05) is 36.4 Å². The largest absolute Gasteiger partial charge is 0.392 e. The number of aliphatic hydroxyl groups is 1. The van der Waals surface area contributed by atoms with Gasteiger partial charge in [-0.25, -0.2) is 5.01 Å². The predicted octanol–water partition coefficient (Wildman–Crippen LogP) is 2.28. The Morgan fingerprint density at radius 1 is 1.21 bits per heavy atom. The molecule has 3 amide bonds. The molecule has 2 atom stereocenters. The van der Waals surface area contributed by atoms with E-state index < -0.39 is 22.9 Å². The molecule has 2 aromatic rings. The molecule has 39 heavy (non-hydrogen) atoms. The first-order valence-electron chi connectivity index (χ1n) is 13.1. The summed E-state index contributed by atoms with van der Waals surface area (Å²) >= 11 is 6.42. The zero-order valence-corrected chi connectivity index (χ0v) is 23.4. The van der Waals surface area contributed by atoms with Gasteiger partial charge in [0.05, 0.1) is 17.9 Å². The number of rotatable bonds is 9. The number of carbonyl (C=O) groups is 3. The van der Waals surface area contributed by atoms with Crippen LogP contribution in [0, 0.1) is 5.41 Å². The summed E-state index contributed by atoms with van der Waals surface area (Å²) in [4.78, 5) is 42.0. The number of benzene rings is 2. The molecule has 4 rings (SSSR count). The van der Waals surface area contributed by atoms with E-state index >= 15 is 0 Å². The monoisotopic (exact) mass is 553 g/mol. The SMILES string of the molecule is CN1N=C2CCN(C(=O)C(CCc3ccc(CO)cc3Cl)NC(=O)C(C)(C)N)C[C@@]2(Cc2ccccc2)C1=O. The van der Waals surface area contributed by atoms with Crippen LogP contribution in [0.2, 0.25) is 5.02 Å². The highest BCUT2D eigenvalue weighted by Gasteiger charge is 2.53. The van der Waals surface area contributed by atoms with E-state index in [9.17, 15) is 19.5 Å². The van der Waals surface area contributed by atoms with Crippen LogP contribution in [-0.4, -0.2) is 70.2 Å². The van der Waals surface area contributed by atoms with Gasteiger partial charge in [0.1, 0.15) is 11.5 Å². The van der Waals surface area contributed by atoms with Gasteiger partial charge in [-0.15, -0.1) is 0 Å². The van der Waals surface area contributed by atoms with Gasteiger partial charge in [-0.1, -0.05) is 54.1 Å². The Labute approximate surface area is 234 Å². The van der Waals surface area contributed by atoms with Gasteiger partial charge in [0, 0.05) is 31.6 Å². The van der Waals surface area contributed by atoms with Gasteiger partial charge in [-0.2, -0.15) is 5.10 Å². The molecule has 208 valence electrons. The first-order valence-corrected chi connectivity index (χ1v) is 13.5. The Hall–Kier alpha value is -3.27. The van der Waals surface area contributed by atoms with E-state index in [1.165, 1.54) is 5.01 Å².